The van der Waals surface area contributed by atoms with Gasteiger partial charge in [-0.3, -0.25) is 9.59 Å². The minimum absolute atomic E-state index is 0.0275. The largest absolute Gasteiger partial charge is 0.484 e. The summed E-state index contributed by atoms with van der Waals surface area (Å²) in [5.74, 6) is -0.250. The first kappa shape index (κ1) is 18.2. The van der Waals surface area contributed by atoms with Crippen LogP contribution >= 0.6 is 0 Å². The Morgan fingerprint density at radius 2 is 1.67 bits per heavy atom. The molecular formula is C17H24FN3O3. The molecule has 1 heterocycles. The molecule has 1 aromatic rings. The van der Waals surface area contributed by atoms with Gasteiger partial charge >= 0.3 is 0 Å². The summed E-state index contributed by atoms with van der Waals surface area (Å²) in [6.45, 7) is 5.48. The van der Waals surface area contributed by atoms with E-state index in [2.05, 4.69) is 0 Å². The second kappa shape index (κ2) is 8.10. The van der Waals surface area contributed by atoms with Crippen molar-refractivity contribution in [2.24, 2.45) is 11.7 Å². The van der Waals surface area contributed by atoms with Crippen LogP contribution in [0.25, 0.3) is 0 Å². The molecule has 0 spiro atoms. The van der Waals surface area contributed by atoms with Gasteiger partial charge in [-0.1, -0.05) is 6.92 Å². The highest BCUT2D eigenvalue weighted by molar-refractivity contribution is 5.80. The monoisotopic (exact) mass is 337 g/mol. The minimum atomic E-state index is -0.351. The van der Waals surface area contributed by atoms with Crippen LogP contribution in [-0.4, -0.2) is 60.4 Å². The van der Waals surface area contributed by atoms with Gasteiger partial charge in [0.05, 0.1) is 5.92 Å². The van der Waals surface area contributed by atoms with E-state index in [1.807, 2.05) is 13.8 Å². The van der Waals surface area contributed by atoms with Crippen molar-refractivity contribution in [3.63, 3.8) is 0 Å². The average molecular weight is 337 g/mol. The summed E-state index contributed by atoms with van der Waals surface area (Å²) in [5.41, 5.74) is 5.77. The van der Waals surface area contributed by atoms with Gasteiger partial charge < -0.3 is 20.3 Å². The molecule has 2 amide bonds. The number of hydrogen-bond acceptors (Lipinski definition) is 4. The Morgan fingerprint density at radius 1 is 1.12 bits per heavy atom. The fourth-order valence-electron chi connectivity index (χ4n) is 2.46. The third-order valence-corrected chi connectivity index (χ3v) is 4.30. The lowest BCUT2D eigenvalue weighted by atomic mass is 10.0. The molecule has 7 heteroatoms. The first-order chi connectivity index (χ1) is 11.4. The Hall–Kier alpha value is -2.15. The summed E-state index contributed by atoms with van der Waals surface area (Å²) >= 11 is 0. The third kappa shape index (κ3) is 4.67. The van der Waals surface area contributed by atoms with E-state index in [9.17, 15) is 14.0 Å². The lowest BCUT2D eigenvalue weighted by Gasteiger charge is -2.36. The second-order valence-electron chi connectivity index (χ2n) is 6.10. The van der Waals surface area contributed by atoms with Crippen LogP contribution in [0.4, 0.5) is 4.39 Å². The number of carbonyl (C=O) groups is 2. The predicted molar refractivity (Wildman–Crippen MR) is 87.9 cm³/mol. The number of benzene rings is 1. The Labute approximate surface area is 141 Å². The summed E-state index contributed by atoms with van der Waals surface area (Å²) in [5, 5.41) is 0. The quantitative estimate of drug-likeness (QED) is 0.865. The van der Waals surface area contributed by atoms with Crippen LogP contribution in [0.15, 0.2) is 24.3 Å². The van der Waals surface area contributed by atoms with E-state index in [4.69, 9.17) is 10.5 Å². The third-order valence-electron chi connectivity index (χ3n) is 4.30. The highest BCUT2D eigenvalue weighted by atomic mass is 19.1. The standard InChI is InChI=1S/C17H24FN3O3/c1-12(13(2)19)17(23)21-9-7-20(8-10-21)16(22)11-24-15-5-3-14(18)4-6-15/h3-6,12-13H,7-11,19H2,1-2H3. The normalized spacial score (nSPS) is 17.3. The number of nitrogens with two attached hydrogens (primary N) is 1. The lowest BCUT2D eigenvalue weighted by Crippen LogP contribution is -2.53. The topological polar surface area (TPSA) is 75.9 Å². The SMILES string of the molecule is CC(N)C(C)C(=O)N1CCN(C(=O)COc2ccc(F)cc2)CC1. The molecule has 2 unspecified atom stereocenters. The molecule has 1 fully saturated rings. The first-order valence-corrected chi connectivity index (χ1v) is 8.09. The number of ether oxygens (including phenoxy) is 1. The molecule has 6 nitrogen and oxygen atoms in total. The molecule has 24 heavy (non-hydrogen) atoms. The van der Waals surface area contributed by atoms with Gasteiger partial charge in [-0.2, -0.15) is 0 Å². The van der Waals surface area contributed by atoms with E-state index >= 15 is 0 Å². The minimum Gasteiger partial charge on any atom is -0.484 e. The lowest BCUT2D eigenvalue weighted by molar-refractivity contribution is -0.143. The highest BCUT2D eigenvalue weighted by Crippen LogP contribution is 2.13. The molecule has 1 saturated heterocycles. The Kier molecular flexibility index (Phi) is 6.14. The van der Waals surface area contributed by atoms with Crippen LogP contribution in [0.3, 0.4) is 0 Å². The maximum Gasteiger partial charge on any atom is 0.260 e. The first-order valence-electron chi connectivity index (χ1n) is 8.09. The van der Waals surface area contributed by atoms with Gasteiger partial charge in [0.2, 0.25) is 5.91 Å². The smallest absolute Gasteiger partial charge is 0.260 e. The zero-order valence-corrected chi connectivity index (χ0v) is 14.1. The summed E-state index contributed by atoms with van der Waals surface area (Å²) in [6, 6.07) is 5.33. The Bertz CT molecular complexity index is 569. The van der Waals surface area contributed by atoms with Crippen LogP contribution < -0.4 is 10.5 Å². The van der Waals surface area contributed by atoms with Gasteiger partial charge in [0.1, 0.15) is 11.6 Å². The Morgan fingerprint density at radius 3 is 2.21 bits per heavy atom. The molecule has 2 N–H and O–H groups in total. The molecule has 0 saturated carbocycles. The van der Waals surface area contributed by atoms with Crippen molar-refractivity contribution in [2.45, 2.75) is 19.9 Å². The highest BCUT2D eigenvalue weighted by Gasteiger charge is 2.28. The molecule has 1 aliphatic rings. The summed E-state index contributed by atoms with van der Waals surface area (Å²) < 4.78 is 18.2. The van der Waals surface area contributed by atoms with Crippen LogP contribution in [-0.2, 0) is 9.59 Å². The Balaban J connectivity index is 1.78. The van der Waals surface area contributed by atoms with Gasteiger partial charge in [0, 0.05) is 32.2 Å². The maximum absolute atomic E-state index is 12.8. The number of amides is 2. The average Bonchev–Trinajstić information content (AvgIpc) is 2.59. The summed E-state index contributed by atoms with van der Waals surface area (Å²) in [7, 11) is 0. The summed E-state index contributed by atoms with van der Waals surface area (Å²) in [4.78, 5) is 27.8. The molecule has 0 bridgehead atoms. The van der Waals surface area contributed by atoms with Crippen LogP contribution in [0.2, 0.25) is 0 Å². The number of nitrogens with zero attached hydrogens (tertiary/aromatic N) is 2. The number of piperazine rings is 1. The van der Waals surface area contributed by atoms with E-state index < -0.39 is 0 Å². The van der Waals surface area contributed by atoms with E-state index in [0.29, 0.717) is 31.9 Å². The van der Waals surface area contributed by atoms with Crippen molar-refractivity contribution >= 4 is 11.8 Å². The zero-order chi connectivity index (χ0) is 17.7. The van der Waals surface area contributed by atoms with Crippen molar-refractivity contribution < 1.29 is 18.7 Å². The van der Waals surface area contributed by atoms with Gasteiger partial charge in [0.15, 0.2) is 6.61 Å². The molecule has 2 atom stereocenters. The number of rotatable bonds is 5. The molecule has 0 radical (unpaired) electrons. The maximum atomic E-state index is 12.8. The van der Waals surface area contributed by atoms with Gasteiger partial charge in [0.25, 0.3) is 5.91 Å². The van der Waals surface area contributed by atoms with Crippen LogP contribution in [0, 0.1) is 11.7 Å². The molecule has 2 rings (SSSR count). The van der Waals surface area contributed by atoms with Crippen molar-refractivity contribution in [1.82, 2.24) is 9.80 Å². The number of carbonyl (C=O) groups excluding carboxylic acids is 2. The van der Waals surface area contributed by atoms with Crippen molar-refractivity contribution in [1.29, 1.82) is 0 Å². The van der Waals surface area contributed by atoms with Crippen LogP contribution in [0.5, 0.6) is 5.75 Å². The van der Waals surface area contributed by atoms with E-state index in [0.717, 1.165) is 0 Å². The van der Waals surface area contributed by atoms with Gasteiger partial charge in [-0.25, -0.2) is 4.39 Å². The van der Waals surface area contributed by atoms with Crippen molar-refractivity contribution in [3.8, 4) is 5.75 Å². The number of halogens is 1. The molecule has 0 aliphatic carbocycles. The number of hydrogen-bond donors (Lipinski definition) is 1. The predicted octanol–water partition coefficient (Wildman–Crippen LogP) is 0.859. The molecule has 132 valence electrons. The molecule has 1 aromatic carbocycles. The fourth-order valence-corrected chi connectivity index (χ4v) is 2.46. The van der Waals surface area contributed by atoms with E-state index in [1.54, 1.807) is 9.80 Å². The zero-order valence-electron chi connectivity index (χ0n) is 14.1. The molecule has 1 aliphatic heterocycles. The molecule has 0 aromatic heterocycles. The van der Waals surface area contributed by atoms with Crippen molar-refractivity contribution in [2.75, 3.05) is 32.8 Å². The van der Waals surface area contributed by atoms with Gasteiger partial charge in [-0.15, -0.1) is 0 Å². The second-order valence-corrected chi connectivity index (χ2v) is 6.10. The van der Waals surface area contributed by atoms with Crippen LogP contribution in [0.1, 0.15) is 13.8 Å². The van der Waals surface area contributed by atoms with Crippen molar-refractivity contribution in [3.05, 3.63) is 30.1 Å². The fraction of sp³-hybridized carbons (Fsp3) is 0.529. The summed E-state index contributed by atoms with van der Waals surface area (Å²) in [6.07, 6.45) is 0. The molecular weight excluding hydrogens is 313 g/mol. The van der Waals surface area contributed by atoms with E-state index in [1.165, 1.54) is 24.3 Å². The van der Waals surface area contributed by atoms with Gasteiger partial charge in [-0.05, 0) is 31.2 Å². The van der Waals surface area contributed by atoms with E-state index in [-0.39, 0.29) is 36.2 Å².